The molecule has 0 radical (unpaired) electrons. The van der Waals surface area contributed by atoms with E-state index in [1.54, 1.807) is 11.9 Å². The Balaban J connectivity index is 1.57. The lowest BCUT2D eigenvalue weighted by molar-refractivity contribution is 0.701. The predicted molar refractivity (Wildman–Crippen MR) is 107 cm³/mol. The molecule has 132 valence electrons. The van der Waals surface area contributed by atoms with Crippen LogP contribution in [0.25, 0.3) is 0 Å². The maximum atomic E-state index is 4.57. The van der Waals surface area contributed by atoms with E-state index >= 15 is 0 Å². The standard InChI is InChI=1S/C20H26N4S/c1-15(2)17-5-3-4-16-13-24(7-6-18(16)17)20-12-19(21-14-22-20)23-8-10-25-11-9-23/h3-5,12,14-15H,6-11,13H2,1-2H3. The van der Waals surface area contributed by atoms with Gasteiger partial charge in [-0.2, -0.15) is 11.8 Å². The first-order valence-electron chi connectivity index (χ1n) is 9.22. The van der Waals surface area contributed by atoms with Gasteiger partial charge in [0.25, 0.3) is 0 Å². The van der Waals surface area contributed by atoms with Crippen LogP contribution in [-0.2, 0) is 13.0 Å². The summed E-state index contributed by atoms with van der Waals surface area (Å²) in [4.78, 5) is 13.9. The van der Waals surface area contributed by atoms with E-state index in [0.29, 0.717) is 5.92 Å². The lowest BCUT2D eigenvalue weighted by Crippen LogP contribution is -2.34. The van der Waals surface area contributed by atoms with Crippen LogP contribution in [0.15, 0.2) is 30.6 Å². The summed E-state index contributed by atoms with van der Waals surface area (Å²) in [6.07, 6.45) is 2.83. The zero-order valence-electron chi connectivity index (χ0n) is 15.1. The number of fused-ring (bicyclic) bond motifs is 1. The molecule has 0 spiro atoms. The van der Waals surface area contributed by atoms with E-state index in [0.717, 1.165) is 44.2 Å². The molecule has 4 rings (SSSR count). The average Bonchev–Trinajstić information content (AvgIpc) is 2.68. The first-order chi connectivity index (χ1) is 12.2. The highest BCUT2D eigenvalue weighted by molar-refractivity contribution is 7.99. The minimum atomic E-state index is 0.587. The molecule has 0 saturated carbocycles. The van der Waals surface area contributed by atoms with Gasteiger partial charge in [0.1, 0.15) is 18.0 Å². The minimum absolute atomic E-state index is 0.587. The van der Waals surface area contributed by atoms with E-state index in [1.807, 2.05) is 11.8 Å². The summed E-state index contributed by atoms with van der Waals surface area (Å²) in [7, 11) is 0. The van der Waals surface area contributed by atoms with Crippen LogP contribution < -0.4 is 9.80 Å². The number of hydrogen-bond acceptors (Lipinski definition) is 5. The van der Waals surface area contributed by atoms with E-state index in [4.69, 9.17) is 0 Å². The van der Waals surface area contributed by atoms with Crippen LogP contribution in [0.5, 0.6) is 0 Å². The van der Waals surface area contributed by atoms with Crippen LogP contribution in [0.4, 0.5) is 11.6 Å². The SMILES string of the molecule is CC(C)c1cccc2c1CCN(c1cc(N3CCSCC3)ncn1)C2. The molecule has 1 saturated heterocycles. The topological polar surface area (TPSA) is 32.3 Å². The normalized spacial score (nSPS) is 17.7. The monoisotopic (exact) mass is 354 g/mol. The molecule has 2 aliphatic rings. The average molecular weight is 355 g/mol. The lowest BCUT2D eigenvalue weighted by atomic mass is 9.89. The van der Waals surface area contributed by atoms with Crippen LogP contribution in [0, 0.1) is 0 Å². The Labute approximate surface area is 154 Å². The smallest absolute Gasteiger partial charge is 0.134 e. The number of anilines is 2. The lowest BCUT2D eigenvalue weighted by Gasteiger charge is -2.33. The Kier molecular flexibility index (Phi) is 4.84. The van der Waals surface area contributed by atoms with Gasteiger partial charge >= 0.3 is 0 Å². The summed E-state index contributed by atoms with van der Waals surface area (Å²) in [5, 5.41) is 0. The second kappa shape index (κ2) is 7.24. The van der Waals surface area contributed by atoms with Crippen molar-refractivity contribution in [1.82, 2.24) is 9.97 Å². The zero-order chi connectivity index (χ0) is 17.2. The number of rotatable bonds is 3. The molecule has 25 heavy (non-hydrogen) atoms. The van der Waals surface area contributed by atoms with Crippen molar-refractivity contribution in [3.05, 3.63) is 47.3 Å². The second-order valence-corrected chi connectivity index (χ2v) is 8.37. The van der Waals surface area contributed by atoms with Crippen molar-refractivity contribution in [2.24, 2.45) is 0 Å². The molecule has 0 unspecified atom stereocenters. The molecule has 0 N–H and O–H groups in total. The molecule has 1 aromatic carbocycles. The van der Waals surface area contributed by atoms with Gasteiger partial charge in [-0.3, -0.25) is 0 Å². The first kappa shape index (κ1) is 16.7. The molecule has 5 heteroatoms. The molecule has 0 atom stereocenters. The van der Waals surface area contributed by atoms with Gasteiger partial charge in [0.05, 0.1) is 0 Å². The Morgan fingerprint density at radius 2 is 1.76 bits per heavy atom. The molecule has 1 fully saturated rings. The van der Waals surface area contributed by atoms with Crippen molar-refractivity contribution in [3.63, 3.8) is 0 Å². The maximum absolute atomic E-state index is 4.57. The summed E-state index contributed by atoms with van der Waals surface area (Å²) in [6, 6.07) is 8.94. The van der Waals surface area contributed by atoms with Gasteiger partial charge < -0.3 is 9.80 Å². The van der Waals surface area contributed by atoms with Crippen LogP contribution in [0.2, 0.25) is 0 Å². The summed E-state index contributed by atoms with van der Waals surface area (Å²) < 4.78 is 0. The van der Waals surface area contributed by atoms with Crippen LogP contribution in [-0.4, -0.2) is 41.1 Å². The Morgan fingerprint density at radius 1 is 1.00 bits per heavy atom. The fourth-order valence-corrected chi connectivity index (χ4v) is 4.75. The van der Waals surface area contributed by atoms with Gasteiger partial charge in [0.2, 0.25) is 0 Å². The fraction of sp³-hybridized carbons (Fsp3) is 0.500. The molecule has 0 amide bonds. The van der Waals surface area contributed by atoms with Gasteiger partial charge in [0.15, 0.2) is 0 Å². The second-order valence-electron chi connectivity index (χ2n) is 7.14. The fourth-order valence-electron chi connectivity index (χ4n) is 3.85. The number of aromatic nitrogens is 2. The molecule has 0 aliphatic carbocycles. The summed E-state index contributed by atoms with van der Waals surface area (Å²) in [5.74, 6) is 5.10. The quantitative estimate of drug-likeness (QED) is 0.839. The molecular formula is C20H26N4S. The van der Waals surface area contributed by atoms with E-state index in [1.165, 1.54) is 22.6 Å². The molecule has 2 aromatic rings. The largest absolute Gasteiger partial charge is 0.355 e. The minimum Gasteiger partial charge on any atom is -0.355 e. The zero-order valence-corrected chi connectivity index (χ0v) is 15.9. The number of hydrogen-bond donors (Lipinski definition) is 0. The van der Waals surface area contributed by atoms with Crippen molar-refractivity contribution in [2.45, 2.75) is 32.7 Å². The van der Waals surface area contributed by atoms with Crippen LogP contribution in [0.1, 0.15) is 36.5 Å². The Hall–Kier alpha value is -1.75. The molecule has 3 heterocycles. The maximum Gasteiger partial charge on any atom is 0.134 e. The van der Waals surface area contributed by atoms with Crippen molar-refractivity contribution in [2.75, 3.05) is 40.9 Å². The highest BCUT2D eigenvalue weighted by Crippen LogP contribution is 2.30. The highest BCUT2D eigenvalue weighted by atomic mass is 32.2. The molecular weight excluding hydrogens is 328 g/mol. The Bertz CT molecular complexity index is 740. The third kappa shape index (κ3) is 3.47. The number of nitrogens with zero attached hydrogens (tertiary/aromatic N) is 4. The van der Waals surface area contributed by atoms with Gasteiger partial charge in [-0.1, -0.05) is 32.0 Å². The number of benzene rings is 1. The van der Waals surface area contributed by atoms with Gasteiger partial charge in [-0.25, -0.2) is 9.97 Å². The predicted octanol–water partition coefficient (Wildman–Crippen LogP) is 3.72. The van der Waals surface area contributed by atoms with Gasteiger partial charge in [0, 0.05) is 43.8 Å². The molecule has 4 nitrogen and oxygen atoms in total. The summed E-state index contributed by atoms with van der Waals surface area (Å²) in [6.45, 7) is 8.72. The van der Waals surface area contributed by atoms with E-state index in [9.17, 15) is 0 Å². The summed E-state index contributed by atoms with van der Waals surface area (Å²) >= 11 is 2.03. The number of thioether (sulfide) groups is 1. The summed E-state index contributed by atoms with van der Waals surface area (Å²) in [5.41, 5.74) is 4.51. The third-order valence-corrected chi connectivity index (χ3v) is 6.16. The third-order valence-electron chi connectivity index (χ3n) is 5.22. The first-order valence-corrected chi connectivity index (χ1v) is 10.4. The van der Waals surface area contributed by atoms with Crippen molar-refractivity contribution in [1.29, 1.82) is 0 Å². The van der Waals surface area contributed by atoms with Crippen molar-refractivity contribution in [3.8, 4) is 0 Å². The van der Waals surface area contributed by atoms with Gasteiger partial charge in [-0.05, 0) is 29.0 Å². The molecule has 0 bridgehead atoms. The Morgan fingerprint density at radius 3 is 2.52 bits per heavy atom. The van der Waals surface area contributed by atoms with Gasteiger partial charge in [-0.15, -0.1) is 0 Å². The molecule has 1 aromatic heterocycles. The van der Waals surface area contributed by atoms with E-state index in [2.05, 4.69) is 57.9 Å². The molecule has 2 aliphatic heterocycles. The van der Waals surface area contributed by atoms with Crippen molar-refractivity contribution >= 4 is 23.4 Å². The van der Waals surface area contributed by atoms with E-state index < -0.39 is 0 Å². The van der Waals surface area contributed by atoms with Crippen LogP contribution in [0.3, 0.4) is 0 Å². The van der Waals surface area contributed by atoms with E-state index in [-0.39, 0.29) is 0 Å². The van der Waals surface area contributed by atoms with Crippen molar-refractivity contribution < 1.29 is 0 Å². The highest BCUT2D eigenvalue weighted by Gasteiger charge is 2.22. The van der Waals surface area contributed by atoms with Crippen LogP contribution >= 0.6 is 11.8 Å².